The molecule has 4 nitrogen and oxygen atoms in total. The van der Waals surface area contributed by atoms with Gasteiger partial charge < -0.3 is 11.1 Å². The van der Waals surface area contributed by atoms with E-state index in [2.05, 4.69) is 10.3 Å². The summed E-state index contributed by atoms with van der Waals surface area (Å²) < 4.78 is 0. The zero-order valence-electron chi connectivity index (χ0n) is 12.3. The second-order valence-corrected chi connectivity index (χ2v) is 5.63. The number of carbonyl (C=O) groups excluding carboxylic acids is 1. The predicted octanol–water partition coefficient (Wildman–Crippen LogP) is 4.00. The van der Waals surface area contributed by atoms with Crippen LogP contribution in [0.3, 0.4) is 0 Å². The summed E-state index contributed by atoms with van der Waals surface area (Å²) in [6.07, 6.45) is 0. The van der Waals surface area contributed by atoms with Crippen LogP contribution in [-0.4, -0.2) is 10.9 Å². The van der Waals surface area contributed by atoms with Crippen LogP contribution < -0.4 is 11.1 Å². The number of amides is 1. The second-order valence-electron chi connectivity index (χ2n) is 5.23. The normalized spacial score (nSPS) is 10.7. The third-order valence-electron chi connectivity index (χ3n) is 3.23. The van der Waals surface area contributed by atoms with Crippen LogP contribution >= 0.6 is 11.6 Å². The highest BCUT2D eigenvalue weighted by Gasteiger charge is 2.12. The van der Waals surface area contributed by atoms with E-state index in [9.17, 15) is 4.79 Å². The Hall–Kier alpha value is -2.07. The fraction of sp³-hybridized carbons (Fsp3) is 0.250. The van der Waals surface area contributed by atoms with Crippen molar-refractivity contribution in [1.82, 2.24) is 4.98 Å². The summed E-state index contributed by atoms with van der Waals surface area (Å²) in [7, 11) is 0. The van der Waals surface area contributed by atoms with Crippen LogP contribution in [0.5, 0.6) is 0 Å². The highest BCUT2D eigenvalue weighted by molar-refractivity contribution is 6.31. The van der Waals surface area contributed by atoms with Gasteiger partial charge in [-0.05, 0) is 42.7 Å². The van der Waals surface area contributed by atoms with Gasteiger partial charge in [-0.3, -0.25) is 4.79 Å². The van der Waals surface area contributed by atoms with E-state index in [0.29, 0.717) is 22.1 Å². The van der Waals surface area contributed by atoms with Crippen LogP contribution in [0, 0.1) is 6.92 Å². The van der Waals surface area contributed by atoms with Gasteiger partial charge in [0.1, 0.15) is 5.82 Å². The van der Waals surface area contributed by atoms with Crippen LogP contribution in [-0.2, 0) is 0 Å². The van der Waals surface area contributed by atoms with Crippen molar-refractivity contribution < 1.29 is 4.79 Å². The van der Waals surface area contributed by atoms with Gasteiger partial charge in [0.2, 0.25) is 0 Å². The Morgan fingerprint density at radius 1 is 1.33 bits per heavy atom. The molecule has 2 rings (SSSR count). The number of aromatic nitrogens is 1. The zero-order valence-corrected chi connectivity index (χ0v) is 13.0. The number of nitrogen functional groups attached to an aromatic ring is 1. The summed E-state index contributed by atoms with van der Waals surface area (Å²) in [5.41, 5.74) is 8.58. The molecule has 0 saturated heterocycles. The Morgan fingerprint density at radius 3 is 2.71 bits per heavy atom. The third-order valence-corrected chi connectivity index (χ3v) is 3.64. The summed E-state index contributed by atoms with van der Waals surface area (Å²) in [6.45, 7) is 5.87. The minimum Gasteiger partial charge on any atom is -0.384 e. The average molecular weight is 304 g/mol. The standard InChI is InChI=1S/C16H18ClN3O/c1-9(2)14-7-11(8-15(18)19-14)16(21)20-13-6-4-5-12(17)10(13)3/h4-9H,1-3H3,(H2,18,19)(H,20,21). The Bertz CT molecular complexity index is 683. The van der Waals surface area contributed by atoms with Crippen molar-refractivity contribution >= 4 is 29.0 Å². The Morgan fingerprint density at radius 2 is 2.05 bits per heavy atom. The molecule has 0 saturated carbocycles. The van der Waals surface area contributed by atoms with Gasteiger partial charge in [-0.15, -0.1) is 0 Å². The fourth-order valence-electron chi connectivity index (χ4n) is 1.94. The van der Waals surface area contributed by atoms with Gasteiger partial charge in [0.15, 0.2) is 0 Å². The molecule has 1 heterocycles. The van der Waals surface area contributed by atoms with Crippen LogP contribution in [0.25, 0.3) is 0 Å². The Labute approximate surface area is 129 Å². The minimum atomic E-state index is -0.226. The van der Waals surface area contributed by atoms with E-state index >= 15 is 0 Å². The van der Waals surface area contributed by atoms with Gasteiger partial charge in [0, 0.05) is 22.0 Å². The van der Waals surface area contributed by atoms with Crippen molar-refractivity contribution in [2.24, 2.45) is 0 Å². The van der Waals surface area contributed by atoms with Crippen molar-refractivity contribution in [3.8, 4) is 0 Å². The Balaban J connectivity index is 2.30. The van der Waals surface area contributed by atoms with Crippen molar-refractivity contribution in [3.05, 3.63) is 52.2 Å². The molecule has 0 spiro atoms. The molecule has 1 amide bonds. The number of hydrogen-bond acceptors (Lipinski definition) is 3. The molecule has 110 valence electrons. The first-order valence-corrected chi connectivity index (χ1v) is 7.10. The van der Waals surface area contributed by atoms with Gasteiger partial charge in [-0.2, -0.15) is 0 Å². The maximum Gasteiger partial charge on any atom is 0.255 e. The molecule has 0 atom stereocenters. The number of anilines is 2. The van der Waals surface area contributed by atoms with Crippen molar-refractivity contribution in [2.45, 2.75) is 26.7 Å². The summed E-state index contributed by atoms with van der Waals surface area (Å²) >= 11 is 6.05. The molecule has 1 aromatic carbocycles. The van der Waals surface area contributed by atoms with E-state index in [4.69, 9.17) is 17.3 Å². The predicted molar refractivity (Wildman–Crippen MR) is 86.9 cm³/mol. The third kappa shape index (κ3) is 3.52. The van der Waals surface area contributed by atoms with Crippen molar-refractivity contribution in [2.75, 3.05) is 11.1 Å². The quantitative estimate of drug-likeness (QED) is 0.900. The molecule has 0 aliphatic heterocycles. The van der Waals surface area contributed by atoms with Gasteiger partial charge in [0.25, 0.3) is 5.91 Å². The lowest BCUT2D eigenvalue weighted by molar-refractivity contribution is 0.102. The number of nitrogens with two attached hydrogens (primary N) is 1. The second kappa shape index (κ2) is 6.14. The summed E-state index contributed by atoms with van der Waals surface area (Å²) in [6, 6.07) is 8.73. The van der Waals surface area contributed by atoms with E-state index in [1.807, 2.05) is 26.8 Å². The number of pyridine rings is 1. The van der Waals surface area contributed by atoms with E-state index in [-0.39, 0.29) is 11.8 Å². The Kier molecular flexibility index (Phi) is 4.48. The molecule has 1 aromatic heterocycles. The molecule has 2 aromatic rings. The maximum absolute atomic E-state index is 12.4. The topological polar surface area (TPSA) is 68.0 Å². The fourth-order valence-corrected chi connectivity index (χ4v) is 2.11. The molecule has 0 radical (unpaired) electrons. The first-order valence-electron chi connectivity index (χ1n) is 6.72. The molecule has 0 aliphatic carbocycles. The molecule has 0 unspecified atom stereocenters. The van der Waals surface area contributed by atoms with Crippen LogP contribution in [0.15, 0.2) is 30.3 Å². The minimum absolute atomic E-state index is 0.202. The lowest BCUT2D eigenvalue weighted by Crippen LogP contribution is -2.14. The number of halogens is 1. The number of nitrogens with zero attached hydrogens (tertiary/aromatic N) is 1. The summed E-state index contributed by atoms with van der Waals surface area (Å²) in [4.78, 5) is 16.6. The molecular weight excluding hydrogens is 286 g/mol. The smallest absolute Gasteiger partial charge is 0.255 e. The lowest BCUT2D eigenvalue weighted by Gasteiger charge is -2.12. The molecule has 0 fully saturated rings. The lowest BCUT2D eigenvalue weighted by atomic mass is 10.1. The molecular formula is C16H18ClN3O. The highest BCUT2D eigenvalue weighted by atomic mass is 35.5. The zero-order chi connectivity index (χ0) is 15.6. The van der Waals surface area contributed by atoms with Crippen molar-refractivity contribution in [1.29, 1.82) is 0 Å². The monoisotopic (exact) mass is 303 g/mol. The number of carbonyl (C=O) groups is 1. The largest absolute Gasteiger partial charge is 0.384 e. The first kappa shape index (κ1) is 15.3. The van der Waals surface area contributed by atoms with Crippen LogP contribution in [0.2, 0.25) is 5.02 Å². The van der Waals surface area contributed by atoms with Crippen molar-refractivity contribution in [3.63, 3.8) is 0 Å². The van der Waals surface area contributed by atoms with E-state index in [0.717, 1.165) is 11.3 Å². The summed E-state index contributed by atoms with van der Waals surface area (Å²) in [5, 5.41) is 3.47. The molecule has 0 aliphatic rings. The van der Waals surface area contributed by atoms with Crippen LogP contribution in [0.4, 0.5) is 11.5 Å². The molecule has 5 heteroatoms. The van der Waals surface area contributed by atoms with Gasteiger partial charge in [-0.25, -0.2) is 4.98 Å². The maximum atomic E-state index is 12.4. The average Bonchev–Trinajstić information content (AvgIpc) is 2.43. The first-order chi connectivity index (χ1) is 9.88. The molecule has 0 bridgehead atoms. The number of hydrogen-bond donors (Lipinski definition) is 2. The highest BCUT2D eigenvalue weighted by Crippen LogP contribution is 2.24. The molecule has 21 heavy (non-hydrogen) atoms. The van der Waals surface area contributed by atoms with E-state index in [1.54, 1.807) is 24.3 Å². The number of nitrogens with one attached hydrogen (secondary N) is 1. The van der Waals surface area contributed by atoms with Gasteiger partial charge in [0.05, 0.1) is 0 Å². The number of benzene rings is 1. The van der Waals surface area contributed by atoms with E-state index < -0.39 is 0 Å². The van der Waals surface area contributed by atoms with Gasteiger partial charge >= 0.3 is 0 Å². The molecule has 3 N–H and O–H groups in total. The number of rotatable bonds is 3. The van der Waals surface area contributed by atoms with Gasteiger partial charge in [-0.1, -0.05) is 31.5 Å². The summed E-state index contributed by atoms with van der Waals surface area (Å²) in [5.74, 6) is 0.318. The van der Waals surface area contributed by atoms with Crippen LogP contribution in [0.1, 0.15) is 41.4 Å². The van der Waals surface area contributed by atoms with E-state index in [1.165, 1.54) is 0 Å². The SMILES string of the molecule is Cc1c(Cl)cccc1NC(=O)c1cc(N)nc(C(C)C)c1.